The maximum atomic E-state index is 9.62. The minimum Gasteiger partial charge on any atom is -0.351 e. The second kappa shape index (κ2) is 8.34. The van der Waals surface area contributed by atoms with Crippen molar-refractivity contribution in [1.82, 2.24) is 5.32 Å². The molecular formula is C9H21N3O2. The number of hydrogen-bond acceptors (Lipinski definition) is 2. The third-order valence-electron chi connectivity index (χ3n) is 1.19. The van der Waals surface area contributed by atoms with Crippen LogP contribution in [0.5, 0.6) is 0 Å². The molecule has 0 radical (unpaired) electrons. The number of imide groups is 1. The van der Waals surface area contributed by atoms with Gasteiger partial charge in [0.15, 0.2) is 0 Å². The largest absolute Gasteiger partial charge is 0.351 e. The van der Waals surface area contributed by atoms with E-state index < -0.39 is 12.1 Å². The van der Waals surface area contributed by atoms with Crippen molar-refractivity contribution < 1.29 is 9.59 Å². The van der Waals surface area contributed by atoms with Gasteiger partial charge in [0.05, 0.1) is 0 Å². The topological polar surface area (TPSA) is 98.2 Å². The molecule has 0 aromatic heterocycles. The molecule has 0 atom stereocenters. The van der Waals surface area contributed by atoms with Crippen LogP contribution in [0.25, 0.3) is 0 Å². The number of primary amides is 2. The Kier molecular flexibility index (Phi) is 9.07. The summed E-state index contributed by atoms with van der Waals surface area (Å²) in [5, 5.41) is 1.58. The summed E-state index contributed by atoms with van der Waals surface area (Å²) < 4.78 is 0. The fourth-order valence-electron chi connectivity index (χ4n) is 1.06. The van der Waals surface area contributed by atoms with Gasteiger partial charge in [-0.1, -0.05) is 27.7 Å². The van der Waals surface area contributed by atoms with E-state index in [0.29, 0.717) is 0 Å². The Bertz CT molecular complexity index is 161. The molecule has 4 amide bonds. The van der Waals surface area contributed by atoms with E-state index in [1.54, 1.807) is 5.32 Å². The Hall–Kier alpha value is -1.26. The number of rotatable bonds is 2. The number of urea groups is 2. The van der Waals surface area contributed by atoms with Gasteiger partial charge < -0.3 is 11.5 Å². The maximum Gasteiger partial charge on any atom is 0.320 e. The van der Waals surface area contributed by atoms with Gasteiger partial charge in [0, 0.05) is 0 Å². The van der Waals surface area contributed by atoms with Crippen LogP contribution in [-0.2, 0) is 0 Å². The van der Waals surface area contributed by atoms with Crippen molar-refractivity contribution in [2.45, 2.75) is 34.1 Å². The number of carbonyl (C=O) groups excluding carboxylic acids is 2. The first-order valence-corrected chi connectivity index (χ1v) is 4.61. The summed E-state index contributed by atoms with van der Waals surface area (Å²) in [6, 6.07) is -1.88. The highest BCUT2D eigenvalue weighted by Crippen LogP contribution is 2.08. The zero-order valence-corrected chi connectivity index (χ0v) is 9.33. The van der Waals surface area contributed by atoms with Crippen LogP contribution >= 0.6 is 0 Å². The fraction of sp³-hybridized carbons (Fsp3) is 0.778. The average Bonchev–Trinajstić information content (AvgIpc) is 1.79. The molecule has 0 rings (SSSR count). The lowest BCUT2D eigenvalue weighted by molar-refractivity contribution is 0.236. The summed E-state index contributed by atoms with van der Waals surface area (Å²) in [4.78, 5) is 19.2. The van der Waals surface area contributed by atoms with Crippen LogP contribution in [0.1, 0.15) is 34.1 Å². The molecule has 84 valence electrons. The normalized spacial score (nSPS) is 9.29. The Labute approximate surface area is 85.2 Å². The van der Waals surface area contributed by atoms with Crippen molar-refractivity contribution in [3.05, 3.63) is 0 Å². The van der Waals surface area contributed by atoms with E-state index >= 15 is 0 Å². The molecule has 0 heterocycles. The molecule has 0 saturated carbocycles. The summed E-state index contributed by atoms with van der Waals surface area (Å²) >= 11 is 0. The zero-order chi connectivity index (χ0) is 11.7. The Morgan fingerprint density at radius 1 is 1.00 bits per heavy atom. The smallest absolute Gasteiger partial charge is 0.320 e. The third-order valence-corrected chi connectivity index (χ3v) is 1.19. The van der Waals surface area contributed by atoms with Crippen molar-refractivity contribution in [2.24, 2.45) is 23.3 Å². The summed E-state index contributed by atoms with van der Waals surface area (Å²) in [5.74, 6) is 1.75. The van der Waals surface area contributed by atoms with Crippen LogP contribution in [0.4, 0.5) is 9.59 Å². The van der Waals surface area contributed by atoms with Gasteiger partial charge >= 0.3 is 12.1 Å². The van der Waals surface area contributed by atoms with Crippen LogP contribution in [0, 0.1) is 11.8 Å². The van der Waals surface area contributed by atoms with Gasteiger partial charge in [-0.25, -0.2) is 9.59 Å². The first-order valence-electron chi connectivity index (χ1n) is 4.61. The standard InChI is InChI=1S/C7H16.C2H5N3O2/c1-6(2)5-7(3)4;3-1(6)5-2(4)7/h6-7H,5H2,1-4H3;(H5,3,4,5,6,7). The molecule has 0 aliphatic carbocycles. The molecule has 0 fully saturated rings. The second-order valence-corrected chi connectivity index (χ2v) is 3.88. The highest BCUT2D eigenvalue weighted by atomic mass is 16.2. The highest BCUT2D eigenvalue weighted by molar-refractivity contribution is 5.91. The molecule has 0 aliphatic rings. The number of nitrogens with two attached hydrogens (primary N) is 2. The van der Waals surface area contributed by atoms with Crippen LogP contribution in [0.15, 0.2) is 0 Å². The van der Waals surface area contributed by atoms with Gasteiger partial charge in [-0.3, -0.25) is 5.32 Å². The molecule has 0 bridgehead atoms. The molecule has 0 aliphatic heterocycles. The van der Waals surface area contributed by atoms with Crippen molar-refractivity contribution in [3.8, 4) is 0 Å². The zero-order valence-electron chi connectivity index (χ0n) is 9.33. The first-order chi connectivity index (χ1) is 6.25. The number of amides is 4. The molecule has 14 heavy (non-hydrogen) atoms. The average molecular weight is 203 g/mol. The van der Waals surface area contributed by atoms with E-state index in [1.807, 2.05) is 0 Å². The quantitative estimate of drug-likeness (QED) is 0.632. The van der Waals surface area contributed by atoms with Crippen LogP contribution in [0.3, 0.4) is 0 Å². The number of carbonyl (C=O) groups is 2. The fourth-order valence-corrected chi connectivity index (χ4v) is 1.06. The second-order valence-electron chi connectivity index (χ2n) is 3.88. The molecule has 5 N–H and O–H groups in total. The van der Waals surface area contributed by atoms with E-state index in [2.05, 4.69) is 39.2 Å². The van der Waals surface area contributed by atoms with Crippen LogP contribution < -0.4 is 16.8 Å². The van der Waals surface area contributed by atoms with E-state index in [-0.39, 0.29) is 0 Å². The minimum atomic E-state index is -0.938. The minimum absolute atomic E-state index is 0.875. The lowest BCUT2D eigenvalue weighted by atomic mass is 10.0. The SMILES string of the molecule is CC(C)CC(C)C.NC(=O)NC(N)=O. The van der Waals surface area contributed by atoms with E-state index in [4.69, 9.17) is 0 Å². The summed E-state index contributed by atoms with van der Waals surface area (Å²) in [5.41, 5.74) is 8.88. The molecule has 5 heteroatoms. The van der Waals surface area contributed by atoms with E-state index in [0.717, 1.165) is 11.8 Å². The van der Waals surface area contributed by atoms with Gasteiger partial charge in [-0.05, 0) is 18.3 Å². The monoisotopic (exact) mass is 203 g/mol. The molecule has 0 aromatic carbocycles. The van der Waals surface area contributed by atoms with Crippen molar-refractivity contribution in [1.29, 1.82) is 0 Å². The molecule has 0 aromatic rings. The Balaban J connectivity index is 0. The van der Waals surface area contributed by atoms with Crippen molar-refractivity contribution >= 4 is 12.1 Å². The molecule has 0 saturated heterocycles. The van der Waals surface area contributed by atoms with Crippen LogP contribution in [0.2, 0.25) is 0 Å². The van der Waals surface area contributed by atoms with Gasteiger partial charge in [-0.15, -0.1) is 0 Å². The van der Waals surface area contributed by atoms with Crippen molar-refractivity contribution in [3.63, 3.8) is 0 Å². The third kappa shape index (κ3) is 22.4. The molecule has 5 nitrogen and oxygen atoms in total. The highest BCUT2D eigenvalue weighted by Gasteiger charge is 1.95. The first kappa shape index (κ1) is 15.2. The molecule has 0 spiro atoms. The van der Waals surface area contributed by atoms with Gasteiger partial charge in [0.2, 0.25) is 0 Å². The lowest BCUT2D eigenvalue weighted by Crippen LogP contribution is -2.38. The molecule has 0 unspecified atom stereocenters. The summed E-state index contributed by atoms with van der Waals surface area (Å²) in [6.07, 6.45) is 1.36. The number of hydrogen-bond donors (Lipinski definition) is 3. The van der Waals surface area contributed by atoms with E-state index in [1.165, 1.54) is 6.42 Å². The van der Waals surface area contributed by atoms with Crippen molar-refractivity contribution in [2.75, 3.05) is 0 Å². The summed E-state index contributed by atoms with van der Waals surface area (Å²) in [6.45, 7) is 9.06. The summed E-state index contributed by atoms with van der Waals surface area (Å²) in [7, 11) is 0. The predicted octanol–water partition coefficient (Wildman–Crippen LogP) is 1.42. The number of nitrogens with one attached hydrogen (secondary N) is 1. The lowest BCUT2D eigenvalue weighted by Gasteiger charge is -2.05. The van der Waals surface area contributed by atoms with E-state index in [9.17, 15) is 9.59 Å². The predicted molar refractivity (Wildman–Crippen MR) is 56.6 cm³/mol. The van der Waals surface area contributed by atoms with Gasteiger partial charge in [0.25, 0.3) is 0 Å². The van der Waals surface area contributed by atoms with Gasteiger partial charge in [0.1, 0.15) is 0 Å². The molecular weight excluding hydrogens is 182 g/mol. The Morgan fingerprint density at radius 3 is 1.29 bits per heavy atom. The van der Waals surface area contributed by atoms with Crippen LogP contribution in [-0.4, -0.2) is 12.1 Å². The van der Waals surface area contributed by atoms with Gasteiger partial charge in [-0.2, -0.15) is 0 Å². The Morgan fingerprint density at radius 2 is 1.29 bits per heavy atom. The maximum absolute atomic E-state index is 9.62.